The maximum atomic E-state index is 12.5. The van der Waals surface area contributed by atoms with E-state index in [-0.39, 0.29) is 21.4 Å². The molecule has 3 rings (SSSR count). The molecule has 1 aromatic heterocycles. The van der Waals surface area contributed by atoms with Crippen LogP contribution in [-0.4, -0.2) is 51.4 Å². The summed E-state index contributed by atoms with van der Waals surface area (Å²) in [5.74, 6) is -0.446. The highest BCUT2D eigenvalue weighted by atomic mass is 32.2. The van der Waals surface area contributed by atoms with E-state index in [1.54, 1.807) is 19.9 Å². The van der Waals surface area contributed by atoms with Crippen molar-refractivity contribution >= 4 is 52.5 Å². The van der Waals surface area contributed by atoms with Gasteiger partial charge in [0.25, 0.3) is 5.91 Å². The first kappa shape index (κ1) is 22.3. The van der Waals surface area contributed by atoms with Crippen molar-refractivity contribution in [1.82, 2.24) is 9.29 Å². The van der Waals surface area contributed by atoms with Gasteiger partial charge in [-0.1, -0.05) is 11.3 Å². The fourth-order valence-corrected chi connectivity index (χ4v) is 5.57. The summed E-state index contributed by atoms with van der Waals surface area (Å²) in [5.41, 5.74) is 0.845. The second-order valence-corrected chi connectivity index (χ2v) is 12.1. The molecule has 0 saturated heterocycles. The zero-order chi connectivity index (χ0) is 22.3. The van der Waals surface area contributed by atoms with Crippen molar-refractivity contribution in [3.63, 3.8) is 0 Å². The van der Waals surface area contributed by atoms with Crippen molar-refractivity contribution in [2.24, 2.45) is 0 Å². The Labute approximate surface area is 179 Å². The molecule has 3 aromatic rings. The summed E-state index contributed by atoms with van der Waals surface area (Å²) in [5, 5.41) is 2.98. The summed E-state index contributed by atoms with van der Waals surface area (Å²) in [4.78, 5) is 17.1. The minimum atomic E-state index is -3.63. The smallest absolute Gasteiger partial charge is 0.257 e. The Morgan fingerprint density at radius 3 is 2.20 bits per heavy atom. The number of sulfone groups is 1. The molecule has 2 aromatic carbocycles. The lowest BCUT2D eigenvalue weighted by Gasteiger charge is -2.20. The van der Waals surface area contributed by atoms with Crippen molar-refractivity contribution in [2.75, 3.05) is 18.6 Å². The van der Waals surface area contributed by atoms with Gasteiger partial charge in [-0.15, -0.1) is 0 Å². The molecular formula is C19H21N3O5S3. The number of hydrogen-bond donors (Lipinski definition) is 1. The van der Waals surface area contributed by atoms with Gasteiger partial charge >= 0.3 is 0 Å². The van der Waals surface area contributed by atoms with Gasteiger partial charge in [0.1, 0.15) is 0 Å². The van der Waals surface area contributed by atoms with E-state index in [0.29, 0.717) is 15.3 Å². The van der Waals surface area contributed by atoms with Crippen LogP contribution in [0.25, 0.3) is 10.2 Å². The number of carbonyl (C=O) groups is 1. The van der Waals surface area contributed by atoms with Crippen LogP contribution in [-0.2, 0) is 19.9 Å². The molecule has 1 N–H and O–H groups in total. The first-order chi connectivity index (χ1) is 13.9. The standard InChI is InChI=1S/C19H21N3O5S3/c1-12(2)22(3)30(26,27)14-7-5-13(6-8-14)18(23)21-19-20-16-10-9-15(29(4,24)25)11-17(16)28-19/h5-12H,1-4H3,(H,20,21,23). The predicted molar refractivity (Wildman–Crippen MR) is 117 cm³/mol. The zero-order valence-electron chi connectivity index (χ0n) is 16.8. The number of aromatic nitrogens is 1. The highest BCUT2D eigenvalue weighted by Crippen LogP contribution is 2.28. The number of amides is 1. The van der Waals surface area contributed by atoms with Gasteiger partial charge in [-0.05, 0) is 56.3 Å². The third-order valence-electron chi connectivity index (χ3n) is 4.53. The van der Waals surface area contributed by atoms with Crippen LogP contribution >= 0.6 is 11.3 Å². The second kappa shape index (κ2) is 8.06. The second-order valence-electron chi connectivity index (χ2n) is 7.01. The molecule has 0 bridgehead atoms. The molecule has 0 fully saturated rings. The van der Waals surface area contributed by atoms with E-state index in [2.05, 4.69) is 10.3 Å². The van der Waals surface area contributed by atoms with E-state index in [0.717, 1.165) is 17.6 Å². The van der Waals surface area contributed by atoms with Crippen molar-refractivity contribution in [1.29, 1.82) is 0 Å². The predicted octanol–water partition coefficient (Wildman–Crippen LogP) is 2.98. The Morgan fingerprint density at radius 2 is 1.63 bits per heavy atom. The number of carbonyl (C=O) groups excluding carboxylic acids is 1. The fraction of sp³-hybridized carbons (Fsp3) is 0.263. The van der Waals surface area contributed by atoms with Gasteiger partial charge in [-0.3, -0.25) is 10.1 Å². The Morgan fingerprint density at radius 1 is 1.03 bits per heavy atom. The molecule has 0 aliphatic heterocycles. The van der Waals surface area contributed by atoms with Crippen LogP contribution in [0.4, 0.5) is 5.13 Å². The molecule has 160 valence electrons. The van der Waals surface area contributed by atoms with E-state index in [1.165, 1.54) is 47.8 Å². The van der Waals surface area contributed by atoms with Gasteiger partial charge in [0, 0.05) is 24.9 Å². The largest absolute Gasteiger partial charge is 0.298 e. The average molecular weight is 468 g/mol. The number of hydrogen-bond acceptors (Lipinski definition) is 7. The average Bonchev–Trinajstić information content (AvgIpc) is 3.08. The summed E-state index contributed by atoms with van der Waals surface area (Å²) < 4.78 is 50.3. The first-order valence-corrected chi connectivity index (χ1v) is 13.0. The SMILES string of the molecule is CC(C)N(C)S(=O)(=O)c1ccc(C(=O)Nc2nc3ccc(S(C)(=O)=O)cc3s2)cc1. The van der Waals surface area contributed by atoms with Crippen LogP contribution in [0.5, 0.6) is 0 Å². The summed E-state index contributed by atoms with van der Waals surface area (Å²) >= 11 is 1.16. The maximum absolute atomic E-state index is 12.5. The molecule has 11 heteroatoms. The quantitative estimate of drug-likeness (QED) is 0.596. The van der Waals surface area contributed by atoms with Crippen LogP contribution in [0.15, 0.2) is 52.3 Å². The number of sulfonamides is 1. The highest BCUT2D eigenvalue weighted by molar-refractivity contribution is 7.90. The number of benzene rings is 2. The number of nitrogens with one attached hydrogen (secondary N) is 1. The summed E-state index contributed by atoms with van der Waals surface area (Å²) in [7, 11) is -5.47. The first-order valence-electron chi connectivity index (χ1n) is 8.89. The third kappa shape index (κ3) is 4.53. The van der Waals surface area contributed by atoms with Crippen LogP contribution < -0.4 is 5.32 Å². The van der Waals surface area contributed by atoms with Crippen molar-refractivity contribution in [2.45, 2.75) is 29.7 Å². The summed E-state index contributed by atoms with van der Waals surface area (Å²) in [6, 6.07) is 10.0. The van der Waals surface area contributed by atoms with E-state index in [4.69, 9.17) is 0 Å². The molecule has 8 nitrogen and oxygen atoms in total. The van der Waals surface area contributed by atoms with Gasteiger partial charge in [0.15, 0.2) is 15.0 Å². The Kier molecular flexibility index (Phi) is 6.01. The minimum Gasteiger partial charge on any atom is -0.298 e. The lowest BCUT2D eigenvalue weighted by molar-refractivity contribution is 0.102. The van der Waals surface area contributed by atoms with Crippen molar-refractivity contribution in [3.05, 3.63) is 48.0 Å². The summed E-state index contributed by atoms with van der Waals surface area (Å²) in [6.45, 7) is 3.55. The lowest BCUT2D eigenvalue weighted by atomic mass is 10.2. The number of rotatable bonds is 6. The molecule has 0 saturated carbocycles. The topological polar surface area (TPSA) is 114 Å². The molecule has 0 aliphatic rings. The van der Waals surface area contributed by atoms with E-state index in [1.807, 2.05) is 0 Å². The number of fused-ring (bicyclic) bond motifs is 1. The molecule has 0 unspecified atom stereocenters. The van der Waals surface area contributed by atoms with Gasteiger partial charge in [-0.2, -0.15) is 4.31 Å². The molecule has 0 spiro atoms. The van der Waals surface area contributed by atoms with Crippen LogP contribution in [0.2, 0.25) is 0 Å². The number of anilines is 1. The van der Waals surface area contributed by atoms with E-state index < -0.39 is 25.8 Å². The molecular weight excluding hydrogens is 446 g/mol. The Bertz CT molecular complexity index is 1310. The minimum absolute atomic E-state index is 0.101. The molecule has 1 amide bonds. The summed E-state index contributed by atoms with van der Waals surface area (Å²) in [6.07, 6.45) is 1.13. The van der Waals surface area contributed by atoms with E-state index in [9.17, 15) is 21.6 Å². The number of thiazole rings is 1. The normalized spacial score (nSPS) is 12.6. The van der Waals surface area contributed by atoms with E-state index >= 15 is 0 Å². The maximum Gasteiger partial charge on any atom is 0.257 e. The number of nitrogens with zero attached hydrogens (tertiary/aromatic N) is 2. The lowest BCUT2D eigenvalue weighted by Crippen LogP contribution is -2.33. The monoisotopic (exact) mass is 467 g/mol. The Hall–Kier alpha value is -2.34. The van der Waals surface area contributed by atoms with Crippen LogP contribution in [0.1, 0.15) is 24.2 Å². The molecule has 1 heterocycles. The van der Waals surface area contributed by atoms with Crippen molar-refractivity contribution < 1.29 is 21.6 Å². The molecule has 0 radical (unpaired) electrons. The van der Waals surface area contributed by atoms with Crippen LogP contribution in [0, 0.1) is 0 Å². The van der Waals surface area contributed by atoms with Crippen molar-refractivity contribution in [3.8, 4) is 0 Å². The zero-order valence-corrected chi connectivity index (χ0v) is 19.2. The highest BCUT2D eigenvalue weighted by Gasteiger charge is 2.23. The van der Waals surface area contributed by atoms with Gasteiger partial charge in [-0.25, -0.2) is 21.8 Å². The third-order valence-corrected chi connectivity index (χ3v) is 8.62. The molecule has 0 atom stereocenters. The van der Waals surface area contributed by atoms with Gasteiger partial charge in [0.2, 0.25) is 10.0 Å². The van der Waals surface area contributed by atoms with Crippen LogP contribution in [0.3, 0.4) is 0 Å². The van der Waals surface area contributed by atoms with Gasteiger partial charge < -0.3 is 0 Å². The Balaban J connectivity index is 1.81. The van der Waals surface area contributed by atoms with Gasteiger partial charge in [0.05, 0.1) is 20.0 Å². The fourth-order valence-electron chi connectivity index (χ4n) is 2.58. The molecule has 30 heavy (non-hydrogen) atoms. The molecule has 0 aliphatic carbocycles.